The van der Waals surface area contributed by atoms with Crippen molar-refractivity contribution in [1.82, 2.24) is 24.1 Å². The molecule has 2 aliphatic carbocycles. The topological polar surface area (TPSA) is 181 Å². The minimum atomic E-state index is -3.93. The number of amides is 4. The van der Waals surface area contributed by atoms with E-state index in [2.05, 4.69) is 10.0 Å². The van der Waals surface area contributed by atoms with E-state index in [4.69, 9.17) is 15.2 Å². The molecule has 3 fully saturated rings. The molecule has 0 radical (unpaired) electrons. The van der Waals surface area contributed by atoms with Gasteiger partial charge in [0.2, 0.25) is 11.8 Å². The SMILES string of the molecule is CN(C)C(=O)[C@H]1CC[C@H](NC(=O)OC(C)(C)C)[C@H](N)C1.CN(C)C(=O)[C@H]1CC[C@H]2[C@@H](C1)NS(=O)(=O)N2C(=O)OC(C)(C)C. The maximum atomic E-state index is 12.3. The Labute approximate surface area is 256 Å². The summed E-state index contributed by atoms with van der Waals surface area (Å²) in [5.41, 5.74) is 4.78. The second-order valence-corrected chi connectivity index (χ2v) is 15.6. The summed E-state index contributed by atoms with van der Waals surface area (Å²) >= 11 is 0. The molecular weight excluding hydrogens is 580 g/mol. The van der Waals surface area contributed by atoms with Crippen LogP contribution >= 0.6 is 0 Å². The first-order valence-electron chi connectivity index (χ1n) is 14.7. The van der Waals surface area contributed by atoms with Crippen LogP contribution in [0.4, 0.5) is 9.59 Å². The molecule has 0 bridgehead atoms. The van der Waals surface area contributed by atoms with Gasteiger partial charge >= 0.3 is 22.4 Å². The standard InChI is InChI=1S/C14H25N3O5S.C14H27N3O3/c1-14(2,3)22-13(19)17-11-7-6-9(12(18)16(4)5)8-10(11)15-23(17,20)21;1-14(2,3)20-13(19)16-11-7-6-9(8-10(11)15)12(18)17(4)5/h9-11,15H,6-8H2,1-5H3;9-11H,6-8,15H2,1-5H3,(H,16,19)/t2*9-,10+,11-/m00/s1. The van der Waals surface area contributed by atoms with Crippen molar-refractivity contribution in [2.45, 2.75) is 115 Å². The number of nitrogens with two attached hydrogens (primary N) is 1. The molecule has 0 aromatic rings. The summed E-state index contributed by atoms with van der Waals surface area (Å²) < 4.78 is 38.3. The number of nitrogens with one attached hydrogen (secondary N) is 2. The van der Waals surface area contributed by atoms with Gasteiger partial charge in [-0.1, -0.05) is 0 Å². The highest BCUT2D eigenvalue weighted by atomic mass is 32.2. The third-order valence-corrected chi connectivity index (χ3v) is 8.97. The first-order valence-corrected chi connectivity index (χ1v) is 16.2. The highest BCUT2D eigenvalue weighted by Crippen LogP contribution is 2.35. The second-order valence-electron chi connectivity index (χ2n) is 14.0. The lowest BCUT2D eigenvalue weighted by Crippen LogP contribution is -2.53. The minimum Gasteiger partial charge on any atom is -0.444 e. The van der Waals surface area contributed by atoms with E-state index >= 15 is 0 Å². The molecular formula is C28H52N6O8S. The number of carbonyl (C=O) groups excluding carboxylic acids is 4. The number of carbonyl (C=O) groups is 4. The third-order valence-electron chi connectivity index (χ3n) is 7.43. The van der Waals surface area contributed by atoms with Gasteiger partial charge in [0.05, 0.1) is 6.04 Å². The lowest BCUT2D eigenvalue weighted by atomic mass is 9.82. The zero-order chi connectivity index (χ0) is 33.1. The molecule has 0 aromatic carbocycles. The fourth-order valence-electron chi connectivity index (χ4n) is 5.55. The highest BCUT2D eigenvalue weighted by molar-refractivity contribution is 7.88. The fraction of sp³-hybridized carbons (Fsp3) is 0.857. The number of hydrogen-bond acceptors (Lipinski definition) is 9. The van der Waals surface area contributed by atoms with Crippen LogP contribution in [0.1, 0.15) is 80.1 Å². The zero-order valence-electron chi connectivity index (χ0n) is 27.3. The van der Waals surface area contributed by atoms with Gasteiger partial charge in [0, 0.05) is 58.2 Å². The summed E-state index contributed by atoms with van der Waals surface area (Å²) in [6, 6.07) is -1.29. The van der Waals surface area contributed by atoms with Crippen molar-refractivity contribution in [3.05, 3.63) is 0 Å². The molecule has 43 heavy (non-hydrogen) atoms. The van der Waals surface area contributed by atoms with Gasteiger partial charge in [-0.3, -0.25) is 9.59 Å². The van der Waals surface area contributed by atoms with Crippen LogP contribution in [0.5, 0.6) is 0 Å². The summed E-state index contributed by atoms with van der Waals surface area (Å²) in [5, 5.41) is 2.80. The Bertz CT molecular complexity index is 1130. The van der Waals surface area contributed by atoms with Crippen molar-refractivity contribution in [2.75, 3.05) is 28.2 Å². The van der Waals surface area contributed by atoms with E-state index in [9.17, 15) is 27.6 Å². The monoisotopic (exact) mass is 632 g/mol. The molecule has 1 heterocycles. The number of hydrogen-bond donors (Lipinski definition) is 3. The van der Waals surface area contributed by atoms with E-state index in [1.165, 1.54) is 4.90 Å². The van der Waals surface area contributed by atoms with Crippen molar-refractivity contribution >= 4 is 34.2 Å². The quantitative estimate of drug-likeness (QED) is 0.418. The Balaban J connectivity index is 0.000000304. The summed E-state index contributed by atoms with van der Waals surface area (Å²) in [6.45, 7) is 10.5. The van der Waals surface area contributed by atoms with E-state index in [0.29, 0.717) is 32.1 Å². The first-order chi connectivity index (χ1) is 19.5. The van der Waals surface area contributed by atoms with Gasteiger partial charge in [0.1, 0.15) is 11.2 Å². The molecule has 1 saturated heterocycles. The molecule has 2 saturated carbocycles. The summed E-state index contributed by atoms with van der Waals surface area (Å²) in [7, 11) is 2.93. The van der Waals surface area contributed by atoms with E-state index < -0.39 is 45.7 Å². The molecule has 0 unspecified atom stereocenters. The average Bonchev–Trinajstić information content (AvgIpc) is 3.11. The largest absolute Gasteiger partial charge is 0.444 e. The molecule has 0 spiro atoms. The Morgan fingerprint density at radius 3 is 1.77 bits per heavy atom. The zero-order valence-corrected chi connectivity index (χ0v) is 28.1. The van der Waals surface area contributed by atoms with E-state index in [-0.39, 0.29) is 35.7 Å². The number of nitrogens with zero attached hydrogens (tertiary/aromatic N) is 3. The maximum absolute atomic E-state index is 12.3. The molecule has 14 nitrogen and oxygen atoms in total. The predicted molar refractivity (Wildman–Crippen MR) is 161 cm³/mol. The minimum absolute atomic E-state index is 0.0154. The third kappa shape index (κ3) is 10.5. The van der Waals surface area contributed by atoms with Crippen molar-refractivity contribution in [1.29, 1.82) is 0 Å². The van der Waals surface area contributed by atoms with E-state index in [1.54, 1.807) is 53.9 Å². The van der Waals surface area contributed by atoms with Crippen molar-refractivity contribution in [3.8, 4) is 0 Å². The van der Waals surface area contributed by atoms with Crippen LogP contribution in [0.3, 0.4) is 0 Å². The molecule has 0 aromatic heterocycles. The molecule has 4 amide bonds. The van der Waals surface area contributed by atoms with Crippen molar-refractivity contribution < 1.29 is 37.1 Å². The van der Waals surface area contributed by atoms with Gasteiger partial charge in [0.25, 0.3) is 0 Å². The summed E-state index contributed by atoms with van der Waals surface area (Å²) in [6.07, 6.45) is 2.10. The molecule has 6 atom stereocenters. The van der Waals surface area contributed by atoms with Crippen LogP contribution < -0.4 is 15.8 Å². The van der Waals surface area contributed by atoms with Gasteiger partial charge in [-0.05, 0) is 80.1 Å². The molecule has 3 rings (SSSR count). The van der Waals surface area contributed by atoms with Crippen LogP contribution in [0, 0.1) is 11.8 Å². The van der Waals surface area contributed by atoms with Crippen LogP contribution in [-0.4, -0.2) is 110 Å². The van der Waals surface area contributed by atoms with Gasteiger partial charge in [-0.15, -0.1) is 0 Å². The Morgan fingerprint density at radius 2 is 1.30 bits per heavy atom. The molecule has 3 aliphatic rings. The summed E-state index contributed by atoms with van der Waals surface area (Å²) in [4.78, 5) is 51.1. The van der Waals surface area contributed by atoms with Gasteiger partial charge in [-0.25, -0.2) is 9.59 Å². The first kappa shape index (κ1) is 36.5. The Kier molecular flexibility index (Phi) is 11.9. The number of ether oxygens (including phenoxy) is 2. The van der Waals surface area contributed by atoms with Crippen LogP contribution in [0.15, 0.2) is 0 Å². The van der Waals surface area contributed by atoms with Crippen LogP contribution in [0.25, 0.3) is 0 Å². The van der Waals surface area contributed by atoms with Gasteiger partial charge < -0.3 is 30.3 Å². The molecule has 15 heteroatoms. The molecule has 4 N–H and O–H groups in total. The second kappa shape index (κ2) is 14.0. The van der Waals surface area contributed by atoms with E-state index in [1.807, 2.05) is 20.8 Å². The Morgan fingerprint density at radius 1 is 0.814 bits per heavy atom. The normalized spacial score (nSPS) is 28.4. The van der Waals surface area contributed by atoms with Gasteiger partial charge in [0.15, 0.2) is 0 Å². The average molecular weight is 633 g/mol. The van der Waals surface area contributed by atoms with Crippen LogP contribution in [-0.2, 0) is 29.3 Å². The van der Waals surface area contributed by atoms with Crippen LogP contribution in [0.2, 0.25) is 0 Å². The number of rotatable bonds is 3. The smallest absolute Gasteiger partial charge is 0.425 e. The molecule has 1 aliphatic heterocycles. The predicted octanol–water partition coefficient (Wildman–Crippen LogP) is 1.79. The van der Waals surface area contributed by atoms with Gasteiger partial charge in [-0.2, -0.15) is 17.4 Å². The maximum Gasteiger partial charge on any atom is 0.425 e. The number of fused-ring (bicyclic) bond motifs is 1. The van der Waals surface area contributed by atoms with E-state index in [0.717, 1.165) is 10.7 Å². The highest BCUT2D eigenvalue weighted by Gasteiger charge is 2.52. The van der Waals surface area contributed by atoms with Crippen molar-refractivity contribution in [3.63, 3.8) is 0 Å². The summed E-state index contributed by atoms with van der Waals surface area (Å²) in [5.74, 6) is -0.182. The number of alkyl carbamates (subject to hydrolysis) is 1. The Hall–Kier alpha value is -2.65. The molecule has 248 valence electrons. The fourth-order valence-corrected chi connectivity index (χ4v) is 7.14. The lowest BCUT2D eigenvalue weighted by molar-refractivity contribution is -0.135. The van der Waals surface area contributed by atoms with Crippen molar-refractivity contribution in [2.24, 2.45) is 17.6 Å². The lowest BCUT2D eigenvalue weighted by Gasteiger charge is -2.35.